The van der Waals surface area contributed by atoms with Crippen LogP contribution in [0, 0.1) is 6.92 Å². The Morgan fingerprint density at radius 2 is 2.29 bits per heavy atom. The lowest BCUT2D eigenvalue weighted by molar-refractivity contribution is -0.142. The van der Waals surface area contributed by atoms with Crippen LogP contribution in [0.1, 0.15) is 24.2 Å². The van der Waals surface area contributed by atoms with Crippen molar-refractivity contribution in [2.24, 2.45) is 0 Å². The van der Waals surface area contributed by atoms with Gasteiger partial charge < -0.3 is 9.63 Å². The zero-order chi connectivity index (χ0) is 14.8. The smallest absolute Gasteiger partial charge is 0.320 e. The fourth-order valence-electron chi connectivity index (χ4n) is 2.72. The summed E-state index contributed by atoms with van der Waals surface area (Å²) in [6.45, 7) is 3.15. The summed E-state index contributed by atoms with van der Waals surface area (Å²) >= 11 is 0. The molecule has 6 heteroatoms. The van der Waals surface area contributed by atoms with Crippen LogP contribution in [0.25, 0.3) is 11.5 Å². The lowest BCUT2D eigenvalue weighted by Crippen LogP contribution is -2.35. The Bertz CT molecular complexity index is 653. The fourth-order valence-corrected chi connectivity index (χ4v) is 2.72. The molecule has 0 bridgehead atoms. The maximum absolute atomic E-state index is 11.2. The van der Waals surface area contributed by atoms with E-state index >= 15 is 0 Å². The number of carboxylic acids is 1. The van der Waals surface area contributed by atoms with E-state index < -0.39 is 12.0 Å². The minimum Gasteiger partial charge on any atom is -0.480 e. The van der Waals surface area contributed by atoms with Crippen molar-refractivity contribution >= 4 is 5.97 Å². The molecule has 0 radical (unpaired) electrons. The number of aryl methyl sites for hydroxylation is 1. The zero-order valence-electron chi connectivity index (χ0n) is 11.8. The van der Waals surface area contributed by atoms with Crippen LogP contribution in [0.5, 0.6) is 0 Å². The molecule has 3 rings (SSSR count). The van der Waals surface area contributed by atoms with Gasteiger partial charge in [0.15, 0.2) is 5.82 Å². The number of benzene rings is 1. The molecule has 21 heavy (non-hydrogen) atoms. The van der Waals surface area contributed by atoms with Crippen molar-refractivity contribution in [1.82, 2.24) is 15.0 Å². The number of carbonyl (C=O) groups is 1. The first kappa shape index (κ1) is 13.8. The van der Waals surface area contributed by atoms with Crippen molar-refractivity contribution in [3.05, 3.63) is 35.7 Å². The molecule has 1 aromatic heterocycles. The minimum atomic E-state index is -0.782. The van der Waals surface area contributed by atoms with E-state index in [1.807, 2.05) is 36.1 Å². The van der Waals surface area contributed by atoms with Crippen LogP contribution < -0.4 is 0 Å². The molecule has 1 aliphatic heterocycles. The van der Waals surface area contributed by atoms with Gasteiger partial charge in [-0.05, 0) is 37.9 Å². The van der Waals surface area contributed by atoms with Crippen LogP contribution in [-0.4, -0.2) is 38.7 Å². The van der Waals surface area contributed by atoms with Crippen molar-refractivity contribution in [2.45, 2.75) is 32.4 Å². The zero-order valence-corrected chi connectivity index (χ0v) is 11.8. The number of nitrogens with zero attached hydrogens (tertiary/aromatic N) is 3. The lowest BCUT2D eigenvalue weighted by atomic mass is 10.1. The molecule has 1 aliphatic rings. The van der Waals surface area contributed by atoms with E-state index in [4.69, 9.17) is 4.52 Å². The topological polar surface area (TPSA) is 79.5 Å². The fraction of sp³-hybridized carbons (Fsp3) is 0.400. The van der Waals surface area contributed by atoms with Gasteiger partial charge in [0.1, 0.15) is 6.04 Å². The van der Waals surface area contributed by atoms with E-state index in [0.717, 1.165) is 24.1 Å². The van der Waals surface area contributed by atoms with Crippen LogP contribution in [0.2, 0.25) is 0 Å². The van der Waals surface area contributed by atoms with E-state index in [1.54, 1.807) is 0 Å². The van der Waals surface area contributed by atoms with Gasteiger partial charge in [-0.2, -0.15) is 4.98 Å². The second-order valence-electron chi connectivity index (χ2n) is 5.30. The van der Waals surface area contributed by atoms with Crippen LogP contribution in [0.3, 0.4) is 0 Å². The molecule has 0 spiro atoms. The van der Waals surface area contributed by atoms with E-state index in [0.29, 0.717) is 24.7 Å². The number of hydrogen-bond acceptors (Lipinski definition) is 5. The third-order valence-corrected chi connectivity index (χ3v) is 3.84. The van der Waals surface area contributed by atoms with Crippen LogP contribution in [-0.2, 0) is 11.3 Å². The summed E-state index contributed by atoms with van der Waals surface area (Å²) < 4.78 is 5.30. The summed E-state index contributed by atoms with van der Waals surface area (Å²) in [6, 6.07) is 7.36. The molecule has 0 amide bonds. The van der Waals surface area contributed by atoms with Crippen molar-refractivity contribution in [1.29, 1.82) is 0 Å². The van der Waals surface area contributed by atoms with Gasteiger partial charge in [0.05, 0.1) is 6.54 Å². The Hall–Kier alpha value is -2.21. The Balaban J connectivity index is 1.77. The van der Waals surface area contributed by atoms with E-state index in [9.17, 15) is 9.90 Å². The molecule has 6 nitrogen and oxygen atoms in total. The van der Waals surface area contributed by atoms with Gasteiger partial charge in [0, 0.05) is 5.56 Å². The number of hydrogen-bond donors (Lipinski definition) is 1. The summed E-state index contributed by atoms with van der Waals surface area (Å²) in [6.07, 6.45) is 1.57. The van der Waals surface area contributed by atoms with Crippen molar-refractivity contribution in [3.8, 4) is 11.5 Å². The van der Waals surface area contributed by atoms with E-state index in [2.05, 4.69) is 10.1 Å². The molecular formula is C15H17N3O3. The first-order valence-corrected chi connectivity index (χ1v) is 7.00. The highest BCUT2D eigenvalue weighted by molar-refractivity contribution is 5.73. The van der Waals surface area contributed by atoms with E-state index in [-0.39, 0.29) is 0 Å². The molecule has 1 fully saturated rings. The molecule has 2 heterocycles. The highest BCUT2D eigenvalue weighted by Gasteiger charge is 2.31. The second kappa shape index (κ2) is 5.65. The van der Waals surface area contributed by atoms with E-state index in [1.165, 1.54) is 0 Å². The van der Waals surface area contributed by atoms with Gasteiger partial charge in [-0.1, -0.05) is 23.4 Å². The molecule has 2 aromatic rings. The lowest BCUT2D eigenvalue weighted by Gasteiger charge is -2.18. The predicted molar refractivity (Wildman–Crippen MR) is 75.5 cm³/mol. The highest BCUT2D eigenvalue weighted by atomic mass is 16.5. The third-order valence-electron chi connectivity index (χ3n) is 3.84. The molecule has 0 saturated carbocycles. The monoisotopic (exact) mass is 287 g/mol. The molecule has 110 valence electrons. The van der Waals surface area contributed by atoms with Crippen LogP contribution in [0.4, 0.5) is 0 Å². The quantitative estimate of drug-likeness (QED) is 0.927. The Kier molecular flexibility index (Phi) is 3.70. The second-order valence-corrected chi connectivity index (χ2v) is 5.30. The number of carboxylic acid groups (broad SMARTS) is 1. The van der Waals surface area contributed by atoms with Gasteiger partial charge in [0.25, 0.3) is 5.89 Å². The Labute approximate surface area is 122 Å². The molecule has 1 N–H and O–H groups in total. The predicted octanol–water partition coefficient (Wildman–Crippen LogP) is 2.09. The van der Waals surface area contributed by atoms with Crippen LogP contribution >= 0.6 is 0 Å². The van der Waals surface area contributed by atoms with Gasteiger partial charge >= 0.3 is 5.97 Å². The normalized spacial score (nSPS) is 19.0. The van der Waals surface area contributed by atoms with Gasteiger partial charge in [-0.15, -0.1) is 0 Å². The number of aromatic nitrogens is 2. The summed E-state index contributed by atoms with van der Waals surface area (Å²) in [5, 5.41) is 13.1. The first-order valence-electron chi connectivity index (χ1n) is 7.00. The van der Waals surface area contributed by atoms with Gasteiger partial charge in [-0.3, -0.25) is 9.69 Å². The van der Waals surface area contributed by atoms with Crippen LogP contribution in [0.15, 0.2) is 28.8 Å². The van der Waals surface area contributed by atoms with Gasteiger partial charge in [0.2, 0.25) is 0 Å². The Morgan fingerprint density at radius 3 is 3.05 bits per heavy atom. The summed E-state index contributed by atoms with van der Waals surface area (Å²) in [5.41, 5.74) is 1.98. The van der Waals surface area contributed by atoms with Gasteiger partial charge in [-0.25, -0.2) is 0 Å². The maximum Gasteiger partial charge on any atom is 0.320 e. The third kappa shape index (κ3) is 2.80. The molecule has 1 atom stereocenters. The number of likely N-dealkylation sites (tertiary alicyclic amines) is 1. The molecule has 1 aromatic carbocycles. The molecular weight excluding hydrogens is 270 g/mol. The van der Waals surface area contributed by atoms with Crippen molar-refractivity contribution < 1.29 is 14.4 Å². The molecule has 1 saturated heterocycles. The SMILES string of the molecule is Cc1ccccc1-c1nc(CN2CCC[C@H]2C(=O)O)no1. The standard InChI is InChI=1S/C15H17N3O3/c1-10-5-2-3-6-11(10)14-16-13(17-21-14)9-18-8-4-7-12(18)15(19)20/h2-3,5-6,12H,4,7-9H2,1H3,(H,19,20)/t12-/m0/s1. The summed E-state index contributed by atoms with van der Waals surface area (Å²) in [5.74, 6) is 0.227. The minimum absolute atomic E-state index is 0.409. The Morgan fingerprint density at radius 1 is 1.48 bits per heavy atom. The molecule has 0 aliphatic carbocycles. The number of aliphatic carboxylic acids is 1. The highest BCUT2D eigenvalue weighted by Crippen LogP contribution is 2.23. The summed E-state index contributed by atoms with van der Waals surface area (Å²) in [7, 11) is 0. The maximum atomic E-state index is 11.2. The number of rotatable bonds is 4. The first-order chi connectivity index (χ1) is 10.1. The average molecular weight is 287 g/mol. The summed E-state index contributed by atoms with van der Waals surface area (Å²) in [4.78, 5) is 17.4. The van der Waals surface area contributed by atoms with Crippen molar-refractivity contribution in [2.75, 3.05) is 6.54 Å². The average Bonchev–Trinajstić information content (AvgIpc) is 3.09. The molecule has 0 unspecified atom stereocenters. The van der Waals surface area contributed by atoms with Crippen molar-refractivity contribution in [3.63, 3.8) is 0 Å². The largest absolute Gasteiger partial charge is 0.480 e.